The molecule has 2 N–H and O–H groups in total. The predicted octanol–water partition coefficient (Wildman–Crippen LogP) is 4.12. The van der Waals surface area contributed by atoms with Crippen molar-refractivity contribution < 1.29 is 4.79 Å². The molecule has 1 fully saturated rings. The first-order valence-corrected chi connectivity index (χ1v) is 9.25. The van der Waals surface area contributed by atoms with E-state index in [1.54, 1.807) is 0 Å². The first kappa shape index (κ1) is 17.7. The van der Waals surface area contributed by atoms with Crippen molar-refractivity contribution in [3.05, 3.63) is 47.3 Å². The average Bonchev–Trinajstić information content (AvgIpc) is 2.91. The first-order valence-electron chi connectivity index (χ1n) is 9.25. The van der Waals surface area contributed by atoms with Crippen molar-refractivity contribution in [3.63, 3.8) is 0 Å². The van der Waals surface area contributed by atoms with Crippen LogP contribution in [-0.4, -0.2) is 34.9 Å². The molecule has 4 nitrogen and oxygen atoms in total. The number of nitrogens with two attached hydrogens (primary N) is 1. The van der Waals surface area contributed by atoms with Gasteiger partial charge in [0.2, 0.25) is 0 Å². The molecule has 0 unspecified atom stereocenters. The van der Waals surface area contributed by atoms with Crippen molar-refractivity contribution in [1.82, 2.24) is 9.47 Å². The van der Waals surface area contributed by atoms with Crippen LogP contribution in [-0.2, 0) is 0 Å². The number of hydrogen-bond acceptors (Lipinski definition) is 3. The molecule has 1 aromatic carbocycles. The number of aromatic nitrogens is 1. The number of anilines is 1. The van der Waals surface area contributed by atoms with Crippen LogP contribution in [0.25, 0.3) is 5.69 Å². The molecule has 0 radical (unpaired) electrons. The van der Waals surface area contributed by atoms with Crippen molar-refractivity contribution in [3.8, 4) is 5.69 Å². The molecule has 0 spiro atoms. The highest BCUT2D eigenvalue weighted by molar-refractivity contribution is 5.99. The van der Waals surface area contributed by atoms with Gasteiger partial charge in [-0.05, 0) is 64.1 Å². The molecule has 0 amide bonds. The van der Waals surface area contributed by atoms with Crippen molar-refractivity contribution in [2.24, 2.45) is 0 Å². The highest BCUT2D eigenvalue weighted by Crippen LogP contribution is 2.24. The minimum absolute atomic E-state index is 0.211. The van der Waals surface area contributed by atoms with E-state index in [2.05, 4.69) is 16.5 Å². The van der Waals surface area contributed by atoms with Gasteiger partial charge in [0.15, 0.2) is 5.78 Å². The van der Waals surface area contributed by atoms with Gasteiger partial charge in [-0.3, -0.25) is 9.69 Å². The summed E-state index contributed by atoms with van der Waals surface area (Å²) in [5.41, 5.74) is 10.5. The van der Waals surface area contributed by atoms with E-state index in [-0.39, 0.29) is 5.78 Å². The van der Waals surface area contributed by atoms with Crippen LogP contribution in [0.1, 0.15) is 53.8 Å². The van der Waals surface area contributed by atoms with Crippen LogP contribution in [0.5, 0.6) is 0 Å². The summed E-state index contributed by atoms with van der Waals surface area (Å²) in [5, 5.41) is 0. The Morgan fingerprint density at radius 3 is 2.44 bits per heavy atom. The van der Waals surface area contributed by atoms with E-state index in [1.165, 1.54) is 32.1 Å². The van der Waals surface area contributed by atoms with E-state index in [0.29, 0.717) is 12.6 Å². The summed E-state index contributed by atoms with van der Waals surface area (Å²) in [6.45, 7) is 4.57. The second-order valence-corrected chi connectivity index (χ2v) is 7.34. The number of likely N-dealkylation sites (N-methyl/N-ethyl adjacent to an activating group) is 1. The van der Waals surface area contributed by atoms with Crippen LogP contribution in [0.15, 0.2) is 30.3 Å². The van der Waals surface area contributed by atoms with E-state index < -0.39 is 0 Å². The Bertz CT molecular complexity index is 739. The maximum absolute atomic E-state index is 12.9. The number of carbonyl (C=O) groups is 1. The van der Waals surface area contributed by atoms with Crippen LogP contribution in [0.2, 0.25) is 0 Å². The van der Waals surface area contributed by atoms with Gasteiger partial charge < -0.3 is 10.3 Å². The van der Waals surface area contributed by atoms with Crippen LogP contribution in [0.4, 0.5) is 5.69 Å². The second-order valence-electron chi connectivity index (χ2n) is 7.34. The van der Waals surface area contributed by atoms with Gasteiger partial charge in [-0.2, -0.15) is 0 Å². The van der Waals surface area contributed by atoms with Gasteiger partial charge in [0, 0.05) is 34.4 Å². The predicted molar refractivity (Wildman–Crippen MR) is 103 cm³/mol. The molecule has 3 rings (SSSR count). The monoisotopic (exact) mass is 339 g/mol. The van der Waals surface area contributed by atoms with Gasteiger partial charge in [-0.25, -0.2) is 0 Å². The van der Waals surface area contributed by atoms with E-state index in [9.17, 15) is 4.79 Å². The molecular formula is C21H29N3O. The van der Waals surface area contributed by atoms with Gasteiger partial charge in [0.05, 0.1) is 6.54 Å². The van der Waals surface area contributed by atoms with Crippen LogP contribution in [0.3, 0.4) is 0 Å². The minimum atomic E-state index is 0.211. The molecule has 2 aromatic rings. The lowest BCUT2D eigenvalue weighted by atomic mass is 9.94. The third-order valence-corrected chi connectivity index (χ3v) is 5.47. The number of rotatable bonds is 5. The van der Waals surface area contributed by atoms with Gasteiger partial charge in [-0.15, -0.1) is 0 Å². The lowest BCUT2D eigenvalue weighted by Gasteiger charge is -2.30. The zero-order valence-corrected chi connectivity index (χ0v) is 15.6. The largest absolute Gasteiger partial charge is 0.399 e. The van der Waals surface area contributed by atoms with Crippen molar-refractivity contribution in [2.75, 3.05) is 19.3 Å². The number of carbonyl (C=O) groups excluding carboxylic acids is 1. The van der Waals surface area contributed by atoms with E-state index in [4.69, 9.17) is 5.73 Å². The van der Waals surface area contributed by atoms with Crippen molar-refractivity contribution >= 4 is 11.5 Å². The Hall–Kier alpha value is -2.07. The third-order valence-electron chi connectivity index (χ3n) is 5.47. The minimum Gasteiger partial charge on any atom is -0.399 e. The summed E-state index contributed by atoms with van der Waals surface area (Å²) in [4.78, 5) is 15.1. The Labute approximate surface area is 150 Å². The summed E-state index contributed by atoms with van der Waals surface area (Å²) >= 11 is 0. The fourth-order valence-corrected chi connectivity index (χ4v) is 4.03. The number of nitrogens with zero attached hydrogens (tertiary/aromatic N) is 2. The van der Waals surface area contributed by atoms with Crippen molar-refractivity contribution in [1.29, 1.82) is 0 Å². The van der Waals surface area contributed by atoms with Gasteiger partial charge in [0.1, 0.15) is 0 Å². The van der Waals surface area contributed by atoms with Crippen LogP contribution >= 0.6 is 0 Å². The lowest BCUT2D eigenvalue weighted by molar-refractivity contribution is 0.0899. The quantitative estimate of drug-likeness (QED) is 0.658. The molecule has 1 saturated carbocycles. The maximum atomic E-state index is 12.9. The van der Waals surface area contributed by atoms with Gasteiger partial charge in [-0.1, -0.05) is 19.3 Å². The van der Waals surface area contributed by atoms with Crippen LogP contribution < -0.4 is 5.73 Å². The molecule has 25 heavy (non-hydrogen) atoms. The molecule has 0 aliphatic heterocycles. The molecule has 1 aromatic heterocycles. The number of benzene rings is 1. The van der Waals surface area contributed by atoms with E-state index >= 15 is 0 Å². The molecule has 0 bridgehead atoms. The number of ketones is 1. The molecule has 1 aliphatic rings. The standard InChI is InChI=1S/C21H29N3O/c1-15-13-20(16(2)24(15)19-11-9-17(22)10-12-19)21(25)14-23(3)18-7-5-4-6-8-18/h9-13,18H,4-8,14,22H2,1-3H3. The van der Waals surface area contributed by atoms with Crippen molar-refractivity contribution in [2.45, 2.75) is 52.0 Å². The van der Waals surface area contributed by atoms with Gasteiger partial charge >= 0.3 is 0 Å². The average molecular weight is 339 g/mol. The summed E-state index contributed by atoms with van der Waals surface area (Å²) in [5.74, 6) is 0.211. The Morgan fingerprint density at radius 2 is 1.80 bits per heavy atom. The number of nitrogen functional groups attached to an aromatic ring is 1. The molecule has 134 valence electrons. The fraction of sp³-hybridized carbons (Fsp3) is 0.476. The van der Waals surface area contributed by atoms with Crippen LogP contribution in [0, 0.1) is 13.8 Å². The number of Topliss-reactive ketones (excluding diaryl/α,β-unsaturated/α-hetero) is 1. The second kappa shape index (κ2) is 7.44. The molecule has 0 saturated heterocycles. The normalized spacial score (nSPS) is 15.7. The third kappa shape index (κ3) is 3.79. The summed E-state index contributed by atoms with van der Waals surface area (Å²) < 4.78 is 2.13. The van der Waals surface area contributed by atoms with E-state index in [1.807, 2.05) is 44.2 Å². The summed E-state index contributed by atoms with van der Waals surface area (Å²) in [7, 11) is 2.09. The molecule has 1 heterocycles. The topological polar surface area (TPSA) is 51.3 Å². The first-order chi connectivity index (χ1) is 12.0. The highest BCUT2D eigenvalue weighted by atomic mass is 16.1. The zero-order valence-electron chi connectivity index (χ0n) is 15.6. The molecular weight excluding hydrogens is 310 g/mol. The maximum Gasteiger partial charge on any atom is 0.178 e. The molecule has 1 aliphatic carbocycles. The molecule has 0 atom stereocenters. The Kier molecular flexibility index (Phi) is 5.28. The zero-order chi connectivity index (χ0) is 18.0. The molecule has 4 heteroatoms. The lowest BCUT2D eigenvalue weighted by Crippen LogP contribution is -2.37. The fourth-order valence-electron chi connectivity index (χ4n) is 4.03. The smallest absolute Gasteiger partial charge is 0.178 e. The summed E-state index contributed by atoms with van der Waals surface area (Å²) in [6, 6.07) is 10.4. The number of hydrogen-bond donors (Lipinski definition) is 1. The Morgan fingerprint density at radius 1 is 1.16 bits per heavy atom. The highest BCUT2D eigenvalue weighted by Gasteiger charge is 2.22. The Balaban J connectivity index is 1.79. The van der Waals surface area contributed by atoms with E-state index in [0.717, 1.165) is 28.3 Å². The van der Waals surface area contributed by atoms with Gasteiger partial charge in [0.25, 0.3) is 0 Å². The number of aryl methyl sites for hydroxylation is 1. The SMILES string of the molecule is Cc1cc(C(=O)CN(C)C2CCCCC2)c(C)n1-c1ccc(N)cc1. The summed E-state index contributed by atoms with van der Waals surface area (Å²) in [6.07, 6.45) is 6.34.